The lowest BCUT2D eigenvalue weighted by molar-refractivity contribution is -0.116. The number of nitrogens with one attached hydrogen (secondary N) is 1. The molecule has 1 aliphatic carbocycles. The minimum absolute atomic E-state index is 0.103. The number of rotatable bonds is 5. The Balaban J connectivity index is 1.75. The van der Waals surface area contributed by atoms with Gasteiger partial charge in [-0.15, -0.1) is 0 Å². The summed E-state index contributed by atoms with van der Waals surface area (Å²) >= 11 is 0. The van der Waals surface area contributed by atoms with E-state index in [4.69, 9.17) is 0 Å². The molecule has 1 saturated carbocycles. The molecule has 0 spiro atoms. The van der Waals surface area contributed by atoms with E-state index in [9.17, 15) is 4.79 Å². The van der Waals surface area contributed by atoms with Crippen LogP contribution in [0.5, 0.6) is 0 Å². The zero-order valence-corrected chi connectivity index (χ0v) is 12.6. The van der Waals surface area contributed by atoms with Crippen molar-refractivity contribution in [1.82, 2.24) is 4.90 Å². The van der Waals surface area contributed by atoms with E-state index >= 15 is 0 Å². The topological polar surface area (TPSA) is 32.3 Å². The van der Waals surface area contributed by atoms with Gasteiger partial charge in [-0.1, -0.05) is 38.0 Å². The molecule has 1 aromatic rings. The van der Waals surface area contributed by atoms with Gasteiger partial charge in [-0.3, -0.25) is 4.79 Å². The first kappa shape index (κ1) is 15.0. The van der Waals surface area contributed by atoms with Crippen molar-refractivity contribution in [3.8, 4) is 0 Å². The van der Waals surface area contributed by atoms with Crippen LogP contribution in [0.15, 0.2) is 30.3 Å². The second-order valence-electron chi connectivity index (χ2n) is 5.97. The van der Waals surface area contributed by atoms with Gasteiger partial charge in [-0.25, -0.2) is 0 Å². The summed E-state index contributed by atoms with van der Waals surface area (Å²) in [4.78, 5) is 14.3. The summed E-state index contributed by atoms with van der Waals surface area (Å²) in [7, 11) is 2.16. The number of para-hydroxylation sites is 1. The Kier molecular flexibility index (Phi) is 5.60. The van der Waals surface area contributed by atoms with Crippen LogP contribution in [0.1, 0.15) is 39.0 Å². The van der Waals surface area contributed by atoms with Crippen LogP contribution in [0.4, 0.5) is 5.69 Å². The molecule has 1 amide bonds. The van der Waals surface area contributed by atoms with Gasteiger partial charge in [0.25, 0.3) is 0 Å². The highest BCUT2D eigenvalue weighted by Gasteiger charge is 2.24. The highest BCUT2D eigenvalue weighted by Crippen LogP contribution is 2.27. The lowest BCUT2D eigenvalue weighted by Gasteiger charge is -2.36. The fraction of sp³-hybridized carbons (Fsp3) is 0.588. The van der Waals surface area contributed by atoms with Crippen molar-refractivity contribution < 1.29 is 4.79 Å². The van der Waals surface area contributed by atoms with Crippen molar-refractivity contribution in [1.29, 1.82) is 0 Å². The average Bonchev–Trinajstić information content (AvgIpc) is 2.46. The fourth-order valence-corrected chi connectivity index (χ4v) is 3.14. The van der Waals surface area contributed by atoms with Crippen LogP contribution in [0, 0.1) is 5.92 Å². The Labute approximate surface area is 122 Å². The molecule has 0 radical (unpaired) electrons. The van der Waals surface area contributed by atoms with Crippen LogP contribution in [-0.2, 0) is 4.79 Å². The van der Waals surface area contributed by atoms with E-state index in [0.717, 1.165) is 18.2 Å². The molecule has 0 bridgehead atoms. The second kappa shape index (κ2) is 7.44. The van der Waals surface area contributed by atoms with Gasteiger partial charge in [-0.05, 0) is 37.9 Å². The van der Waals surface area contributed by atoms with E-state index in [-0.39, 0.29) is 5.91 Å². The number of anilines is 1. The zero-order chi connectivity index (χ0) is 14.4. The van der Waals surface area contributed by atoms with Crippen molar-refractivity contribution in [2.75, 3.05) is 18.9 Å². The Hall–Kier alpha value is -1.35. The fourth-order valence-electron chi connectivity index (χ4n) is 3.14. The normalized spacial score (nSPS) is 22.8. The van der Waals surface area contributed by atoms with Gasteiger partial charge in [0.1, 0.15) is 0 Å². The Morgan fingerprint density at radius 2 is 1.95 bits per heavy atom. The molecule has 0 aliphatic heterocycles. The Morgan fingerprint density at radius 1 is 1.25 bits per heavy atom. The zero-order valence-electron chi connectivity index (χ0n) is 12.6. The third-order valence-corrected chi connectivity index (χ3v) is 4.38. The minimum atomic E-state index is 0.103. The van der Waals surface area contributed by atoms with Crippen LogP contribution in [0.25, 0.3) is 0 Å². The largest absolute Gasteiger partial charge is 0.326 e. The van der Waals surface area contributed by atoms with Crippen molar-refractivity contribution in [3.63, 3.8) is 0 Å². The van der Waals surface area contributed by atoms with E-state index < -0.39 is 0 Å². The van der Waals surface area contributed by atoms with E-state index in [1.807, 2.05) is 30.3 Å². The second-order valence-corrected chi connectivity index (χ2v) is 5.97. The minimum Gasteiger partial charge on any atom is -0.326 e. The van der Waals surface area contributed by atoms with Gasteiger partial charge in [0.05, 0.1) is 0 Å². The molecule has 1 N–H and O–H groups in total. The first-order chi connectivity index (χ1) is 9.66. The molecule has 1 fully saturated rings. The van der Waals surface area contributed by atoms with E-state index in [0.29, 0.717) is 12.5 Å². The van der Waals surface area contributed by atoms with Crippen LogP contribution >= 0.6 is 0 Å². The van der Waals surface area contributed by atoms with Gasteiger partial charge < -0.3 is 10.2 Å². The predicted octanol–water partition coefficient (Wildman–Crippen LogP) is 3.53. The molecule has 1 aromatic carbocycles. The van der Waals surface area contributed by atoms with E-state index in [2.05, 4.69) is 24.2 Å². The van der Waals surface area contributed by atoms with Crippen LogP contribution in [0.2, 0.25) is 0 Å². The number of benzene rings is 1. The molecular formula is C17H26N2O. The van der Waals surface area contributed by atoms with Gasteiger partial charge in [0.2, 0.25) is 5.91 Å². The molecule has 0 unspecified atom stereocenters. The summed E-state index contributed by atoms with van der Waals surface area (Å²) in [5.41, 5.74) is 0.881. The standard InChI is InChI=1S/C17H26N2O/c1-14-8-6-7-11-16(14)19(2)13-12-17(20)18-15-9-4-3-5-10-15/h3-5,9-10,14,16H,6-8,11-13H2,1-2H3,(H,18,20)/t14-,16-/m1/s1. The highest BCUT2D eigenvalue weighted by atomic mass is 16.1. The van der Waals surface area contributed by atoms with Crippen molar-refractivity contribution in [3.05, 3.63) is 30.3 Å². The maximum Gasteiger partial charge on any atom is 0.225 e. The summed E-state index contributed by atoms with van der Waals surface area (Å²) in [5, 5.41) is 2.95. The number of amides is 1. The van der Waals surface area contributed by atoms with Crippen molar-refractivity contribution >= 4 is 11.6 Å². The van der Waals surface area contributed by atoms with Gasteiger partial charge >= 0.3 is 0 Å². The number of carbonyl (C=O) groups excluding carboxylic acids is 1. The molecule has 0 saturated heterocycles. The number of hydrogen-bond donors (Lipinski definition) is 1. The van der Waals surface area contributed by atoms with E-state index in [1.165, 1.54) is 25.7 Å². The van der Waals surface area contributed by atoms with Gasteiger partial charge in [0, 0.05) is 24.7 Å². The Bertz CT molecular complexity index is 418. The lowest BCUT2D eigenvalue weighted by Crippen LogP contribution is -2.40. The first-order valence-corrected chi connectivity index (χ1v) is 7.72. The first-order valence-electron chi connectivity index (χ1n) is 7.72. The molecule has 2 atom stereocenters. The molecule has 0 aromatic heterocycles. The summed E-state index contributed by atoms with van der Waals surface area (Å²) in [5.74, 6) is 0.859. The van der Waals surface area contributed by atoms with Crippen LogP contribution < -0.4 is 5.32 Å². The van der Waals surface area contributed by atoms with Crippen molar-refractivity contribution in [2.45, 2.75) is 45.1 Å². The summed E-state index contributed by atoms with van der Waals surface area (Å²) in [6, 6.07) is 10.3. The third-order valence-electron chi connectivity index (χ3n) is 4.38. The van der Waals surface area contributed by atoms with Gasteiger partial charge in [-0.2, -0.15) is 0 Å². The average molecular weight is 274 g/mol. The van der Waals surface area contributed by atoms with Crippen molar-refractivity contribution in [2.24, 2.45) is 5.92 Å². The molecular weight excluding hydrogens is 248 g/mol. The molecule has 2 rings (SSSR count). The third kappa shape index (κ3) is 4.34. The lowest BCUT2D eigenvalue weighted by atomic mass is 9.85. The quantitative estimate of drug-likeness (QED) is 0.891. The Morgan fingerprint density at radius 3 is 2.65 bits per heavy atom. The smallest absolute Gasteiger partial charge is 0.225 e. The summed E-state index contributed by atoms with van der Waals surface area (Å²) in [6.45, 7) is 3.18. The maximum absolute atomic E-state index is 11.9. The number of carbonyl (C=O) groups is 1. The molecule has 1 aliphatic rings. The molecule has 3 nitrogen and oxygen atoms in total. The SMILES string of the molecule is C[C@@H]1CCCC[C@H]1N(C)CCC(=O)Nc1ccccc1. The monoisotopic (exact) mass is 274 g/mol. The highest BCUT2D eigenvalue weighted by molar-refractivity contribution is 5.90. The predicted molar refractivity (Wildman–Crippen MR) is 83.7 cm³/mol. The van der Waals surface area contributed by atoms with Crippen LogP contribution in [-0.4, -0.2) is 30.4 Å². The van der Waals surface area contributed by atoms with Crippen LogP contribution in [0.3, 0.4) is 0 Å². The molecule has 110 valence electrons. The summed E-state index contributed by atoms with van der Waals surface area (Å²) in [6.07, 6.45) is 5.85. The molecule has 20 heavy (non-hydrogen) atoms. The number of hydrogen-bond acceptors (Lipinski definition) is 2. The van der Waals surface area contributed by atoms with Gasteiger partial charge in [0.15, 0.2) is 0 Å². The van der Waals surface area contributed by atoms with E-state index in [1.54, 1.807) is 0 Å². The molecule has 3 heteroatoms. The summed E-state index contributed by atoms with van der Waals surface area (Å²) < 4.78 is 0. The molecule has 0 heterocycles. The number of nitrogens with zero attached hydrogens (tertiary/aromatic N) is 1. The maximum atomic E-state index is 11.9.